The van der Waals surface area contributed by atoms with E-state index >= 15 is 0 Å². The van der Waals surface area contributed by atoms with Crippen molar-refractivity contribution in [1.29, 1.82) is 0 Å². The first kappa shape index (κ1) is 18.0. The van der Waals surface area contributed by atoms with E-state index in [9.17, 15) is 4.79 Å². The van der Waals surface area contributed by atoms with Crippen LogP contribution in [0.5, 0.6) is 0 Å². The third kappa shape index (κ3) is 3.21. The number of nitrogens with zero attached hydrogens (tertiary/aromatic N) is 4. The largest absolute Gasteiger partial charge is 0.355 e. The Bertz CT molecular complexity index is 980. The topological polar surface area (TPSA) is 63.1 Å². The van der Waals surface area contributed by atoms with E-state index in [0.717, 1.165) is 59.8 Å². The molecule has 1 aliphatic rings. The van der Waals surface area contributed by atoms with E-state index in [-0.39, 0.29) is 0 Å². The van der Waals surface area contributed by atoms with Gasteiger partial charge in [0.1, 0.15) is 5.69 Å². The third-order valence-corrected chi connectivity index (χ3v) is 6.35. The number of hydrogen-bond acceptors (Lipinski definition) is 5. The first-order chi connectivity index (χ1) is 13.3. The highest BCUT2D eigenvalue weighted by atomic mass is 32.2. The highest BCUT2D eigenvalue weighted by Gasteiger charge is 2.26. The minimum atomic E-state index is 0.520. The lowest BCUT2D eigenvalue weighted by Gasteiger charge is -2.18. The zero-order chi connectivity index (χ0) is 18.8. The van der Waals surface area contributed by atoms with Gasteiger partial charge in [-0.25, -0.2) is 0 Å². The predicted octanol–water partition coefficient (Wildman–Crippen LogP) is 3.15. The lowest BCUT2D eigenvalue weighted by Crippen LogP contribution is -2.27. The molecule has 2 aromatic heterocycles. The Balaban J connectivity index is 1.83. The van der Waals surface area contributed by atoms with Gasteiger partial charge in [-0.05, 0) is 30.8 Å². The Labute approximate surface area is 163 Å². The molecule has 0 bridgehead atoms. The fourth-order valence-electron chi connectivity index (χ4n) is 3.58. The molecular formula is C20H23N5OS. The van der Waals surface area contributed by atoms with Gasteiger partial charge in [0.15, 0.2) is 0 Å². The van der Waals surface area contributed by atoms with Gasteiger partial charge >= 0.3 is 0 Å². The van der Waals surface area contributed by atoms with Crippen molar-refractivity contribution in [2.45, 2.75) is 36.7 Å². The van der Waals surface area contributed by atoms with Crippen molar-refractivity contribution >= 4 is 29.1 Å². The number of carbonyl (C=O) groups is 1. The molecule has 27 heavy (non-hydrogen) atoms. The van der Waals surface area contributed by atoms with E-state index in [1.165, 1.54) is 10.3 Å². The zero-order valence-electron chi connectivity index (χ0n) is 15.6. The van der Waals surface area contributed by atoms with E-state index in [0.29, 0.717) is 6.54 Å². The average molecular weight is 382 g/mol. The van der Waals surface area contributed by atoms with E-state index in [2.05, 4.69) is 45.9 Å². The molecule has 0 unspecified atom stereocenters. The van der Waals surface area contributed by atoms with Crippen molar-refractivity contribution < 1.29 is 4.79 Å². The molecule has 0 aliphatic carbocycles. The molecule has 0 fully saturated rings. The number of rotatable bonds is 8. The van der Waals surface area contributed by atoms with E-state index in [4.69, 9.17) is 5.10 Å². The van der Waals surface area contributed by atoms with E-state index < -0.39 is 0 Å². The Hall–Kier alpha value is -2.38. The summed E-state index contributed by atoms with van der Waals surface area (Å²) < 4.78 is 2.12. The second-order valence-corrected chi connectivity index (χ2v) is 7.57. The molecule has 6 nitrogen and oxygen atoms in total. The number of hydrogen-bond donors (Lipinski definition) is 1. The quantitative estimate of drug-likeness (QED) is 0.475. The summed E-state index contributed by atoms with van der Waals surface area (Å²) in [4.78, 5) is 19.8. The van der Waals surface area contributed by atoms with Crippen molar-refractivity contribution in [2.75, 3.05) is 19.6 Å². The zero-order valence-corrected chi connectivity index (χ0v) is 16.4. The Kier molecular flexibility index (Phi) is 5.13. The normalized spacial score (nSPS) is 12.4. The summed E-state index contributed by atoms with van der Waals surface area (Å²) in [6.07, 6.45) is 4.46. The van der Waals surface area contributed by atoms with E-state index in [1.807, 2.05) is 18.5 Å². The molecule has 0 radical (unpaired) electrons. The number of aromatic nitrogens is 3. The molecule has 0 atom stereocenters. The van der Waals surface area contributed by atoms with Crippen LogP contribution in [0.15, 0.2) is 40.4 Å². The van der Waals surface area contributed by atoms with Gasteiger partial charge in [-0.3, -0.25) is 14.5 Å². The highest BCUT2D eigenvalue weighted by molar-refractivity contribution is 7.99. The van der Waals surface area contributed by atoms with Crippen LogP contribution in [0.4, 0.5) is 0 Å². The van der Waals surface area contributed by atoms with Crippen molar-refractivity contribution in [3.05, 3.63) is 36.2 Å². The van der Waals surface area contributed by atoms with Crippen LogP contribution < -0.4 is 5.32 Å². The highest BCUT2D eigenvalue weighted by Crippen LogP contribution is 2.48. The summed E-state index contributed by atoms with van der Waals surface area (Å²) in [7, 11) is 0. The molecular weight excluding hydrogens is 358 g/mol. The maximum Gasteiger partial charge on any atom is 0.207 e. The number of carbonyl (C=O) groups excluding carboxylic acids is 1. The summed E-state index contributed by atoms with van der Waals surface area (Å²) in [5.41, 5.74) is 4.34. The number of pyridine rings is 1. The summed E-state index contributed by atoms with van der Waals surface area (Å²) in [6, 6.07) is 6.27. The van der Waals surface area contributed by atoms with Crippen molar-refractivity contribution in [1.82, 2.24) is 25.0 Å². The van der Waals surface area contributed by atoms with Gasteiger partial charge in [0.2, 0.25) is 6.41 Å². The summed E-state index contributed by atoms with van der Waals surface area (Å²) in [6.45, 7) is 8.80. The van der Waals surface area contributed by atoms with Crippen molar-refractivity contribution in [2.24, 2.45) is 0 Å². The van der Waals surface area contributed by atoms with Crippen LogP contribution >= 0.6 is 11.8 Å². The summed E-state index contributed by atoms with van der Waals surface area (Å²) in [5, 5.41) is 8.93. The molecule has 4 rings (SSSR count). The number of fused-ring (bicyclic) bond motifs is 2. The van der Waals surface area contributed by atoms with Gasteiger partial charge in [0.05, 0.1) is 12.1 Å². The van der Waals surface area contributed by atoms with Gasteiger partial charge in [-0.1, -0.05) is 31.7 Å². The molecule has 0 spiro atoms. The van der Waals surface area contributed by atoms with Crippen molar-refractivity contribution in [3.63, 3.8) is 0 Å². The maximum atomic E-state index is 10.8. The van der Waals surface area contributed by atoms with Crippen LogP contribution in [-0.4, -0.2) is 45.7 Å². The van der Waals surface area contributed by atoms with Gasteiger partial charge in [0.25, 0.3) is 0 Å². The molecule has 1 aliphatic heterocycles. The second kappa shape index (κ2) is 7.70. The molecule has 1 aromatic carbocycles. The first-order valence-electron chi connectivity index (χ1n) is 9.30. The smallest absolute Gasteiger partial charge is 0.207 e. The first-order valence-corrected chi connectivity index (χ1v) is 10.1. The lowest BCUT2D eigenvalue weighted by molar-refractivity contribution is -0.109. The molecule has 3 aromatic rings. The molecule has 0 saturated heterocycles. The minimum Gasteiger partial charge on any atom is -0.355 e. The van der Waals surface area contributed by atoms with Crippen LogP contribution in [0, 0.1) is 0 Å². The SMILES string of the molecule is CCN(CC)CCn1nc2c3c(c(CNC=O)ccc31)Sc1ccncc1-2. The van der Waals surface area contributed by atoms with Crippen LogP contribution in [-0.2, 0) is 17.9 Å². The standard InChI is InChI=1S/C20H23N5OS/c1-3-24(4-2)9-10-25-16-6-5-14(11-22-13-26)20-18(16)19(23-25)15-12-21-8-7-17(15)27-20/h5-8,12-13H,3-4,9-11H2,1-2H3,(H,22,26). The number of nitrogens with one attached hydrogen (secondary N) is 1. The fraction of sp³-hybridized carbons (Fsp3) is 0.350. The van der Waals surface area contributed by atoms with Crippen LogP contribution in [0.25, 0.3) is 22.2 Å². The Morgan fingerprint density at radius 2 is 2.11 bits per heavy atom. The van der Waals surface area contributed by atoms with Gasteiger partial charge < -0.3 is 10.2 Å². The molecule has 3 heterocycles. The second-order valence-electron chi connectivity index (χ2n) is 6.52. The van der Waals surface area contributed by atoms with Crippen LogP contribution in [0.3, 0.4) is 0 Å². The fourth-order valence-corrected chi connectivity index (χ4v) is 4.77. The third-order valence-electron chi connectivity index (χ3n) is 5.10. The van der Waals surface area contributed by atoms with Gasteiger partial charge in [0, 0.05) is 46.2 Å². The number of likely N-dealkylation sites (N-methyl/N-ethyl adjacent to an activating group) is 1. The van der Waals surface area contributed by atoms with Crippen LogP contribution in [0.1, 0.15) is 19.4 Å². The molecule has 7 heteroatoms. The lowest BCUT2D eigenvalue weighted by atomic mass is 10.1. The monoisotopic (exact) mass is 381 g/mol. The van der Waals surface area contributed by atoms with Crippen molar-refractivity contribution in [3.8, 4) is 11.3 Å². The number of benzene rings is 1. The minimum absolute atomic E-state index is 0.520. The predicted molar refractivity (Wildman–Crippen MR) is 108 cm³/mol. The molecule has 140 valence electrons. The maximum absolute atomic E-state index is 10.8. The van der Waals surface area contributed by atoms with E-state index in [1.54, 1.807) is 11.8 Å². The van der Waals surface area contributed by atoms with Gasteiger partial charge in [-0.2, -0.15) is 5.10 Å². The number of amides is 1. The summed E-state index contributed by atoms with van der Waals surface area (Å²) in [5.74, 6) is 0. The Morgan fingerprint density at radius 1 is 1.26 bits per heavy atom. The molecule has 1 amide bonds. The van der Waals surface area contributed by atoms with Gasteiger partial charge in [-0.15, -0.1) is 0 Å². The van der Waals surface area contributed by atoms with Crippen LogP contribution in [0.2, 0.25) is 0 Å². The molecule has 0 saturated carbocycles. The Morgan fingerprint density at radius 3 is 2.89 bits per heavy atom. The summed E-state index contributed by atoms with van der Waals surface area (Å²) >= 11 is 1.74. The average Bonchev–Trinajstić information content (AvgIpc) is 3.08. The molecule has 1 N–H and O–H groups in total.